The van der Waals surface area contributed by atoms with Crippen molar-refractivity contribution < 1.29 is 4.52 Å². The SMILES string of the molecule is Cc1cccnc1NC(=S)NCc1nc(-c2cccc(Br)c2)no1. The molecule has 0 radical (unpaired) electrons. The van der Waals surface area contributed by atoms with E-state index in [9.17, 15) is 0 Å². The summed E-state index contributed by atoms with van der Waals surface area (Å²) in [5.74, 6) is 1.70. The van der Waals surface area contributed by atoms with Crippen molar-refractivity contribution in [3.8, 4) is 11.4 Å². The Balaban J connectivity index is 1.59. The lowest BCUT2D eigenvalue weighted by Gasteiger charge is -2.09. The van der Waals surface area contributed by atoms with Crippen molar-refractivity contribution in [3.63, 3.8) is 0 Å². The van der Waals surface area contributed by atoms with Crippen LogP contribution in [-0.2, 0) is 6.54 Å². The Morgan fingerprint density at radius 3 is 2.96 bits per heavy atom. The standard InChI is InChI=1S/C16H14BrN5OS/c1-10-4-3-7-18-14(10)21-16(24)19-9-13-20-15(22-23-13)11-5-2-6-12(17)8-11/h2-8H,9H2,1H3,(H2,18,19,21,24). The molecular weight excluding hydrogens is 390 g/mol. The molecule has 6 nitrogen and oxygen atoms in total. The molecule has 3 rings (SSSR count). The average molecular weight is 404 g/mol. The molecule has 0 aliphatic heterocycles. The third kappa shape index (κ3) is 4.15. The summed E-state index contributed by atoms with van der Waals surface area (Å²) in [6, 6.07) is 11.5. The van der Waals surface area contributed by atoms with Crippen LogP contribution in [0, 0.1) is 6.92 Å². The zero-order valence-corrected chi connectivity index (χ0v) is 15.2. The van der Waals surface area contributed by atoms with E-state index in [1.165, 1.54) is 0 Å². The van der Waals surface area contributed by atoms with Crippen molar-refractivity contribution in [2.75, 3.05) is 5.32 Å². The van der Waals surface area contributed by atoms with E-state index < -0.39 is 0 Å². The van der Waals surface area contributed by atoms with Gasteiger partial charge < -0.3 is 15.2 Å². The third-order valence-electron chi connectivity index (χ3n) is 3.19. The molecule has 8 heteroatoms. The number of thiocarbonyl (C=S) groups is 1. The lowest BCUT2D eigenvalue weighted by atomic mass is 10.2. The molecule has 0 saturated heterocycles. The van der Waals surface area contributed by atoms with Gasteiger partial charge in [0.05, 0.1) is 6.54 Å². The number of aryl methyl sites for hydroxylation is 1. The van der Waals surface area contributed by atoms with Gasteiger partial charge in [-0.25, -0.2) is 4.98 Å². The predicted molar refractivity (Wildman–Crippen MR) is 99.5 cm³/mol. The highest BCUT2D eigenvalue weighted by Gasteiger charge is 2.09. The van der Waals surface area contributed by atoms with E-state index in [1.54, 1.807) is 6.20 Å². The van der Waals surface area contributed by atoms with Gasteiger partial charge in [-0.2, -0.15) is 4.98 Å². The van der Waals surface area contributed by atoms with E-state index in [1.807, 2.05) is 43.3 Å². The average Bonchev–Trinajstić information content (AvgIpc) is 3.04. The van der Waals surface area contributed by atoms with Gasteiger partial charge in [0.1, 0.15) is 5.82 Å². The molecular formula is C16H14BrN5OS. The van der Waals surface area contributed by atoms with Crippen LogP contribution in [0.15, 0.2) is 51.6 Å². The first-order valence-corrected chi connectivity index (χ1v) is 8.37. The van der Waals surface area contributed by atoms with Gasteiger partial charge in [0.25, 0.3) is 0 Å². The van der Waals surface area contributed by atoms with Gasteiger partial charge in [0, 0.05) is 16.2 Å². The number of aromatic nitrogens is 3. The van der Waals surface area contributed by atoms with Crippen LogP contribution in [0.1, 0.15) is 11.5 Å². The topological polar surface area (TPSA) is 75.9 Å². The van der Waals surface area contributed by atoms with Gasteiger partial charge >= 0.3 is 0 Å². The Morgan fingerprint density at radius 2 is 2.17 bits per heavy atom. The van der Waals surface area contributed by atoms with Crippen LogP contribution >= 0.6 is 28.1 Å². The van der Waals surface area contributed by atoms with Crippen LogP contribution in [0.4, 0.5) is 5.82 Å². The van der Waals surface area contributed by atoms with E-state index in [2.05, 4.69) is 41.7 Å². The molecule has 0 bridgehead atoms. The fourth-order valence-corrected chi connectivity index (χ4v) is 2.56. The lowest BCUT2D eigenvalue weighted by Crippen LogP contribution is -2.28. The fraction of sp³-hybridized carbons (Fsp3) is 0.125. The Labute approximate surface area is 152 Å². The highest BCUT2D eigenvalue weighted by atomic mass is 79.9. The molecule has 24 heavy (non-hydrogen) atoms. The number of pyridine rings is 1. The number of rotatable bonds is 4. The first kappa shape index (κ1) is 16.5. The van der Waals surface area contributed by atoms with Crippen LogP contribution in [0.5, 0.6) is 0 Å². The Kier molecular flexibility index (Phi) is 5.17. The van der Waals surface area contributed by atoms with Crippen LogP contribution in [-0.4, -0.2) is 20.2 Å². The second-order valence-electron chi connectivity index (χ2n) is 5.00. The molecule has 0 aliphatic rings. The number of hydrogen-bond donors (Lipinski definition) is 2. The summed E-state index contributed by atoms with van der Waals surface area (Å²) in [6.07, 6.45) is 1.71. The molecule has 0 fully saturated rings. The molecule has 0 saturated carbocycles. The molecule has 0 aliphatic carbocycles. The summed E-state index contributed by atoms with van der Waals surface area (Å²) < 4.78 is 6.20. The highest BCUT2D eigenvalue weighted by Crippen LogP contribution is 2.20. The van der Waals surface area contributed by atoms with Crippen molar-refractivity contribution in [2.45, 2.75) is 13.5 Å². The summed E-state index contributed by atoms with van der Waals surface area (Å²) >= 11 is 8.68. The van der Waals surface area contributed by atoms with Gasteiger partial charge in [0.2, 0.25) is 11.7 Å². The summed E-state index contributed by atoms with van der Waals surface area (Å²) in [5, 5.41) is 10.5. The zero-order valence-electron chi connectivity index (χ0n) is 12.8. The maximum Gasteiger partial charge on any atom is 0.246 e. The number of halogens is 1. The third-order valence-corrected chi connectivity index (χ3v) is 3.93. The first-order chi connectivity index (χ1) is 11.6. The van der Waals surface area contributed by atoms with E-state index in [4.69, 9.17) is 16.7 Å². The summed E-state index contributed by atoms with van der Waals surface area (Å²) in [5.41, 5.74) is 1.89. The predicted octanol–water partition coefficient (Wildman–Crippen LogP) is 3.69. The van der Waals surface area contributed by atoms with E-state index in [-0.39, 0.29) is 0 Å². The first-order valence-electron chi connectivity index (χ1n) is 7.17. The normalized spacial score (nSPS) is 10.4. The minimum atomic E-state index is 0.332. The van der Waals surface area contributed by atoms with Crippen LogP contribution in [0.2, 0.25) is 0 Å². The zero-order chi connectivity index (χ0) is 16.9. The minimum Gasteiger partial charge on any atom is -0.353 e. The molecule has 2 aromatic heterocycles. The number of nitrogens with one attached hydrogen (secondary N) is 2. The van der Waals surface area contributed by atoms with Crippen LogP contribution in [0.3, 0.4) is 0 Å². The van der Waals surface area contributed by atoms with Crippen molar-refractivity contribution >= 4 is 39.1 Å². The number of anilines is 1. The van der Waals surface area contributed by atoms with E-state index >= 15 is 0 Å². The maximum absolute atomic E-state index is 5.25. The molecule has 1 aromatic carbocycles. The summed E-state index contributed by atoms with van der Waals surface area (Å²) in [7, 11) is 0. The molecule has 0 unspecified atom stereocenters. The minimum absolute atomic E-state index is 0.332. The molecule has 2 heterocycles. The van der Waals surface area contributed by atoms with Crippen LogP contribution < -0.4 is 10.6 Å². The molecule has 0 amide bonds. The van der Waals surface area contributed by atoms with Crippen molar-refractivity contribution in [1.82, 2.24) is 20.4 Å². The van der Waals surface area contributed by atoms with Crippen molar-refractivity contribution in [1.29, 1.82) is 0 Å². The summed E-state index contributed by atoms with van der Waals surface area (Å²) in [4.78, 5) is 8.58. The van der Waals surface area contributed by atoms with Crippen molar-refractivity contribution in [2.24, 2.45) is 0 Å². The van der Waals surface area contributed by atoms with Gasteiger partial charge in [-0.15, -0.1) is 0 Å². The summed E-state index contributed by atoms with van der Waals surface area (Å²) in [6.45, 7) is 2.29. The van der Waals surface area contributed by atoms with Crippen LogP contribution in [0.25, 0.3) is 11.4 Å². The number of hydrogen-bond acceptors (Lipinski definition) is 5. The largest absolute Gasteiger partial charge is 0.353 e. The quantitative estimate of drug-likeness (QED) is 0.643. The Bertz CT molecular complexity index is 867. The Morgan fingerprint density at radius 1 is 1.29 bits per heavy atom. The van der Waals surface area contributed by atoms with Crippen molar-refractivity contribution in [3.05, 3.63) is 58.5 Å². The molecule has 0 spiro atoms. The molecule has 0 atom stereocenters. The second kappa shape index (κ2) is 7.50. The number of benzene rings is 1. The van der Waals surface area contributed by atoms with Gasteiger partial charge in [-0.3, -0.25) is 0 Å². The molecule has 3 aromatic rings. The molecule has 2 N–H and O–H groups in total. The van der Waals surface area contributed by atoms with Gasteiger partial charge in [0.15, 0.2) is 5.11 Å². The number of nitrogens with zero attached hydrogens (tertiary/aromatic N) is 3. The van der Waals surface area contributed by atoms with Gasteiger partial charge in [-0.05, 0) is 42.9 Å². The smallest absolute Gasteiger partial charge is 0.246 e. The lowest BCUT2D eigenvalue weighted by molar-refractivity contribution is 0.376. The highest BCUT2D eigenvalue weighted by molar-refractivity contribution is 9.10. The monoisotopic (exact) mass is 403 g/mol. The van der Waals surface area contributed by atoms with E-state index in [0.717, 1.165) is 21.4 Å². The van der Waals surface area contributed by atoms with Gasteiger partial charge in [-0.1, -0.05) is 39.3 Å². The fourth-order valence-electron chi connectivity index (χ4n) is 2.00. The second-order valence-corrected chi connectivity index (χ2v) is 6.32. The molecule has 122 valence electrons. The van der Waals surface area contributed by atoms with E-state index in [0.29, 0.717) is 23.4 Å². The Hall–Kier alpha value is -2.32. The maximum atomic E-state index is 5.25.